The molecule has 1 aromatic heterocycles. The Hall–Kier alpha value is -2.04. The van der Waals surface area contributed by atoms with Crippen LogP contribution in [0.15, 0.2) is 24.3 Å². The third kappa shape index (κ3) is 5.74. The molecule has 0 atom stereocenters. The van der Waals surface area contributed by atoms with Crippen molar-refractivity contribution in [2.24, 2.45) is 11.8 Å². The Kier molecular flexibility index (Phi) is 7.96. The molecule has 2 aromatic rings. The number of unbranched alkanes of at least 4 members (excludes halogenated alkanes) is 1. The van der Waals surface area contributed by atoms with Crippen LogP contribution in [0.2, 0.25) is 0 Å². The van der Waals surface area contributed by atoms with E-state index in [1.54, 1.807) is 24.3 Å². The average molecular weight is 403 g/mol. The lowest BCUT2D eigenvalue weighted by atomic mass is 9.78. The van der Waals surface area contributed by atoms with Crippen molar-refractivity contribution in [3.63, 3.8) is 0 Å². The maximum Gasteiger partial charge on any atom is 0.233 e. The van der Waals surface area contributed by atoms with Crippen molar-refractivity contribution in [3.05, 3.63) is 41.5 Å². The molecule has 0 amide bonds. The third-order valence-electron chi connectivity index (χ3n) is 6.19. The molecule has 1 aliphatic rings. The van der Waals surface area contributed by atoms with Gasteiger partial charge < -0.3 is 4.74 Å². The molecule has 0 radical (unpaired) electrons. The number of aryl methyl sites for hydroxylation is 1. The molecule has 1 aromatic carbocycles. The van der Waals surface area contributed by atoms with Crippen LogP contribution in [0.1, 0.15) is 70.8 Å². The minimum Gasteiger partial charge on any atom is -0.477 e. The molecule has 3 rings (SSSR count). The molecule has 1 saturated carbocycles. The van der Waals surface area contributed by atoms with Crippen LogP contribution >= 0.6 is 0 Å². The average Bonchev–Trinajstić information content (AvgIpc) is 2.76. The molecule has 158 valence electrons. The van der Waals surface area contributed by atoms with Gasteiger partial charge in [0.05, 0.1) is 12.3 Å². The molecular weight excluding hydrogens is 370 g/mol. The summed E-state index contributed by atoms with van der Waals surface area (Å²) in [5, 5.41) is 7.98. The van der Waals surface area contributed by atoms with E-state index in [0.29, 0.717) is 36.1 Å². The summed E-state index contributed by atoms with van der Waals surface area (Å²) in [4.78, 5) is 0. The Morgan fingerprint density at radius 1 is 0.931 bits per heavy atom. The Morgan fingerprint density at radius 3 is 2.34 bits per heavy atom. The highest BCUT2D eigenvalue weighted by atomic mass is 19.2. The second-order valence-electron chi connectivity index (χ2n) is 8.19. The molecule has 0 aliphatic heterocycles. The summed E-state index contributed by atoms with van der Waals surface area (Å²) in [6.45, 7) is 4.90. The number of aromatic nitrogens is 2. The highest BCUT2D eigenvalue weighted by Gasteiger charge is 2.21. The zero-order valence-corrected chi connectivity index (χ0v) is 17.6. The number of benzene rings is 1. The summed E-state index contributed by atoms with van der Waals surface area (Å²) in [7, 11) is 0. The van der Waals surface area contributed by atoms with E-state index in [1.807, 2.05) is 0 Å². The van der Waals surface area contributed by atoms with Gasteiger partial charge in [-0.05, 0) is 48.8 Å². The lowest BCUT2D eigenvalue weighted by molar-refractivity contribution is 0.258. The van der Waals surface area contributed by atoms with Crippen LogP contribution in [-0.4, -0.2) is 16.8 Å². The number of ether oxygens (including phenoxy) is 1. The zero-order valence-electron chi connectivity index (χ0n) is 17.6. The fourth-order valence-electron chi connectivity index (χ4n) is 4.13. The Balaban J connectivity index is 1.61. The topological polar surface area (TPSA) is 35.0 Å². The van der Waals surface area contributed by atoms with E-state index >= 15 is 0 Å². The third-order valence-corrected chi connectivity index (χ3v) is 6.19. The van der Waals surface area contributed by atoms with Gasteiger partial charge in [0, 0.05) is 11.6 Å². The molecule has 1 fully saturated rings. The Bertz CT molecular complexity index is 771. The number of nitrogens with zero attached hydrogens (tertiary/aromatic N) is 2. The van der Waals surface area contributed by atoms with Gasteiger partial charge in [0.2, 0.25) is 5.88 Å². The predicted octanol–water partition coefficient (Wildman–Crippen LogP) is 6.75. The van der Waals surface area contributed by atoms with Gasteiger partial charge in [-0.2, -0.15) is 0 Å². The van der Waals surface area contributed by atoms with E-state index in [9.17, 15) is 8.78 Å². The van der Waals surface area contributed by atoms with Gasteiger partial charge in [-0.25, -0.2) is 8.78 Å². The van der Waals surface area contributed by atoms with E-state index in [-0.39, 0.29) is 5.56 Å². The van der Waals surface area contributed by atoms with Crippen molar-refractivity contribution < 1.29 is 13.5 Å². The maximum absolute atomic E-state index is 14.7. The molecule has 0 bridgehead atoms. The molecule has 1 aliphatic carbocycles. The SMILES string of the molecule is CCCCOc1ccc(-c2ccc(CCC3CCC(CC)CC3)c(F)c2F)nn1. The first-order valence-electron chi connectivity index (χ1n) is 11.1. The minimum absolute atomic E-state index is 0.141. The highest BCUT2D eigenvalue weighted by molar-refractivity contribution is 5.60. The van der Waals surface area contributed by atoms with Gasteiger partial charge in [-0.15, -0.1) is 10.2 Å². The van der Waals surface area contributed by atoms with Crippen LogP contribution in [0.5, 0.6) is 5.88 Å². The van der Waals surface area contributed by atoms with E-state index in [1.165, 1.54) is 32.1 Å². The van der Waals surface area contributed by atoms with Gasteiger partial charge >= 0.3 is 0 Å². The van der Waals surface area contributed by atoms with Crippen molar-refractivity contribution in [1.82, 2.24) is 10.2 Å². The van der Waals surface area contributed by atoms with Gasteiger partial charge in [0.15, 0.2) is 11.6 Å². The van der Waals surface area contributed by atoms with Crippen molar-refractivity contribution in [1.29, 1.82) is 0 Å². The second-order valence-corrected chi connectivity index (χ2v) is 8.19. The summed E-state index contributed by atoms with van der Waals surface area (Å²) in [5.74, 6) is 0.286. The summed E-state index contributed by atoms with van der Waals surface area (Å²) < 4.78 is 34.8. The normalized spacial score (nSPS) is 19.3. The number of halogens is 2. The van der Waals surface area contributed by atoms with E-state index in [4.69, 9.17) is 4.74 Å². The lowest BCUT2D eigenvalue weighted by Crippen LogP contribution is -2.14. The van der Waals surface area contributed by atoms with Crippen LogP contribution in [0.4, 0.5) is 8.78 Å². The van der Waals surface area contributed by atoms with Crippen molar-refractivity contribution in [2.45, 2.75) is 71.6 Å². The molecule has 5 heteroatoms. The molecule has 0 saturated heterocycles. The molecular formula is C24H32F2N2O. The fraction of sp³-hybridized carbons (Fsp3) is 0.583. The highest BCUT2D eigenvalue weighted by Crippen LogP contribution is 2.34. The van der Waals surface area contributed by atoms with Crippen LogP contribution < -0.4 is 4.74 Å². The van der Waals surface area contributed by atoms with E-state index in [0.717, 1.165) is 25.2 Å². The summed E-state index contributed by atoms with van der Waals surface area (Å²) in [6, 6.07) is 6.58. The summed E-state index contributed by atoms with van der Waals surface area (Å²) in [6.07, 6.45) is 9.69. The summed E-state index contributed by atoms with van der Waals surface area (Å²) >= 11 is 0. The van der Waals surface area contributed by atoms with Gasteiger partial charge in [-0.1, -0.05) is 58.4 Å². The van der Waals surface area contributed by atoms with Gasteiger partial charge in [0.25, 0.3) is 0 Å². The van der Waals surface area contributed by atoms with Crippen molar-refractivity contribution in [3.8, 4) is 17.1 Å². The fourth-order valence-corrected chi connectivity index (χ4v) is 4.13. The van der Waals surface area contributed by atoms with Crippen LogP contribution in [0, 0.1) is 23.5 Å². The molecule has 1 heterocycles. The standard InChI is InChI=1S/C24H32F2N2O/c1-3-5-16-29-22-15-14-21(27-28-22)20-13-12-19(23(25)24(20)26)11-10-18-8-6-17(4-2)7-9-18/h12-15,17-18H,3-11,16H2,1-2H3. The Labute approximate surface area is 172 Å². The van der Waals surface area contributed by atoms with Crippen molar-refractivity contribution in [2.75, 3.05) is 6.61 Å². The lowest BCUT2D eigenvalue weighted by Gasteiger charge is -2.27. The number of hydrogen-bond donors (Lipinski definition) is 0. The molecule has 0 spiro atoms. The van der Waals surface area contributed by atoms with Gasteiger partial charge in [0.1, 0.15) is 0 Å². The summed E-state index contributed by atoms with van der Waals surface area (Å²) in [5.41, 5.74) is 0.910. The predicted molar refractivity (Wildman–Crippen MR) is 112 cm³/mol. The quantitative estimate of drug-likeness (QED) is 0.435. The Morgan fingerprint density at radius 2 is 1.69 bits per heavy atom. The maximum atomic E-state index is 14.7. The first kappa shape index (κ1) is 21.7. The first-order valence-corrected chi connectivity index (χ1v) is 11.1. The number of rotatable bonds is 9. The smallest absolute Gasteiger partial charge is 0.233 e. The largest absolute Gasteiger partial charge is 0.477 e. The minimum atomic E-state index is -0.842. The van der Waals surface area contributed by atoms with Crippen molar-refractivity contribution >= 4 is 0 Å². The van der Waals surface area contributed by atoms with Gasteiger partial charge in [-0.3, -0.25) is 0 Å². The first-order chi connectivity index (χ1) is 14.1. The zero-order chi connectivity index (χ0) is 20.6. The molecule has 3 nitrogen and oxygen atoms in total. The number of hydrogen-bond acceptors (Lipinski definition) is 3. The van der Waals surface area contributed by atoms with Crippen LogP contribution in [-0.2, 0) is 6.42 Å². The second kappa shape index (κ2) is 10.7. The van der Waals surface area contributed by atoms with E-state index in [2.05, 4.69) is 24.0 Å². The van der Waals surface area contributed by atoms with Crippen LogP contribution in [0.3, 0.4) is 0 Å². The van der Waals surface area contributed by atoms with Crippen LogP contribution in [0.25, 0.3) is 11.3 Å². The monoisotopic (exact) mass is 402 g/mol. The molecule has 0 N–H and O–H groups in total. The molecule has 0 unspecified atom stereocenters. The van der Waals surface area contributed by atoms with E-state index < -0.39 is 11.6 Å². The molecule has 29 heavy (non-hydrogen) atoms.